The summed E-state index contributed by atoms with van der Waals surface area (Å²) < 4.78 is 9.98. The van der Waals surface area contributed by atoms with Crippen molar-refractivity contribution in [3.05, 3.63) is 11.7 Å². The molecule has 0 saturated heterocycles. The molecule has 1 heterocycles. The molecular weight excluding hydrogens is 186 g/mol. The number of aliphatic hydroxyl groups excluding tert-OH is 1. The van der Waals surface area contributed by atoms with Crippen molar-refractivity contribution in [1.82, 2.24) is 10.1 Å². The van der Waals surface area contributed by atoms with Crippen LogP contribution in [0.5, 0.6) is 0 Å². The van der Waals surface area contributed by atoms with Crippen LogP contribution in [0.2, 0.25) is 0 Å². The van der Waals surface area contributed by atoms with Gasteiger partial charge in [0.05, 0.1) is 13.2 Å². The van der Waals surface area contributed by atoms with E-state index in [9.17, 15) is 0 Å². The van der Waals surface area contributed by atoms with E-state index in [0.29, 0.717) is 25.5 Å². The third kappa shape index (κ3) is 3.06. The van der Waals surface area contributed by atoms with Crippen molar-refractivity contribution in [2.24, 2.45) is 5.73 Å². The highest BCUT2D eigenvalue weighted by Crippen LogP contribution is 2.06. The average molecular weight is 201 g/mol. The van der Waals surface area contributed by atoms with Gasteiger partial charge in [-0.05, 0) is 6.92 Å². The van der Waals surface area contributed by atoms with Crippen LogP contribution in [0.1, 0.15) is 24.7 Å². The van der Waals surface area contributed by atoms with E-state index in [2.05, 4.69) is 10.1 Å². The predicted octanol–water partition coefficient (Wildman–Crippen LogP) is -0.359. The van der Waals surface area contributed by atoms with Crippen molar-refractivity contribution < 1.29 is 14.4 Å². The van der Waals surface area contributed by atoms with Gasteiger partial charge < -0.3 is 20.1 Å². The lowest BCUT2D eigenvalue weighted by Gasteiger charge is -1.98. The number of nitrogens with zero attached hydrogens (tertiary/aromatic N) is 2. The normalized spacial score (nSPS) is 13.1. The first-order valence-electron chi connectivity index (χ1n) is 4.54. The Morgan fingerprint density at radius 3 is 3.07 bits per heavy atom. The molecule has 1 rings (SSSR count). The van der Waals surface area contributed by atoms with E-state index in [1.807, 2.05) is 6.92 Å². The Balaban J connectivity index is 2.42. The molecule has 6 nitrogen and oxygen atoms in total. The van der Waals surface area contributed by atoms with Crippen molar-refractivity contribution >= 4 is 0 Å². The maximum Gasteiger partial charge on any atom is 0.245 e. The Labute approximate surface area is 82.1 Å². The van der Waals surface area contributed by atoms with Gasteiger partial charge in [0.15, 0.2) is 5.82 Å². The van der Waals surface area contributed by atoms with Crippen LogP contribution in [0, 0.1) is 0 Å². The molecule has 1 aromatic heterocycles. The average Bonchev–Trinajstić information content (AvgIpc) is 2.66. The van der Waals surface area contributed by atoms with E-state index in [-0.39, 0.29) is 12.5 Å². The SMILES string of the molecule is CCOCCc1noc(C(N)CO)n1. The van der Waals surface area contributed by atoms with Crippen LogP contribution in [0.15, 0.2) is 4.52 Å². The first kappa shape index (κ1) is 11.1. The number of rotatable bonds is 6. The summed E-state index contributed by atoms with van der Waals surface area (Å²) in [7, 11) is 0. The number of aliphatic hydroxyl groups is 1. The summed E-state index contributed by atoms with van der Waals surface area (Å²) >= 11 is 0. The van der Waals surface area contributed by atoms with Gasteiger partial charge in [0.2, 0.25) is 5.89 Å². The molecule has 14 heavy (non-hydrogen) atoms. The first-order valence-corrected chi connectivity index (χ1v) is 4.54. The number of aromatic nitrogens is 2. The minimum Gasteiger partial charge on any atom is -0.394 e. The molecule has 0 aromatic carbocycles. The molecule has 0 fully saturated rings. The molecule has 3 N–H and O–H groups in total. The van der Waals surface area contributed by atoms with E-state index >= 15 is 0 Å². The molecule has 1 atom stereocenters. The summed E-state index contributed by atoms with van der Waals surface area (Å²) in [5.41, 5.74) is 5.48. The highest BCUT2D eigenvalue weighted by molar-refractivity contribution is 4.91. The van der Waals surface area contributed by atoms with Gasteiger partial charge in [-0.1, -0.05) is 5.16 Å². The van der Waals surface area contributed by atoms with Gasteiger partial charge in [-0.3, -0.25) is 0 Å². The highest BCUT2D eigenvalue weighted by Gasteiger charge is 2.13. The zero-order valence-corrected chi connectivity index (χ0v) is 8.14. The lowest BCUT2D eigenvalue weighted by molar-refractivity contribution is 0.149. The van der Waals surface area contributed by atoms with Gasteiger partial charge in [-0.2, -0.15) is 4.98 Å². The van der Waals surface area contributed by atoms with Crippen LogP contribution < -0.4 is 5.73 Å². The van der Waals surface area contributed by atoms with Crippen LogP contribution in [0.25, 0.3) is 0 Å². The fraction of sp³-hybridized carbons (Fsp3) is 0.750. The molecule has 0 aliphatic rings. The number of nitrogens with two attached hydrogens (primary N) is 1. The molecule has 0 saturated carbocycles. The fourth-order valence-electron chi connectivity index (χ4n) is 0.906. The zero-order chi connectivity index (χ0) is 10.4. The third-order valence-electron chi connectivity index (χ3n) is 1.67. The Morgan fingerprint density at radius 1 is 1.64 bits per heavy atom. The molecule has 0 spiro atoms. The lowest BCUT2D eigenvalue weighted by Crippen LogP contribution is -2.14. The van der Waals surface area contributed by atoms with Gasteiger partial charge in [-0.25, -0.2) is 0 Å². The second-order valence-corrected chi connectivity index (χ2v) is 2.78. The largest absolute Gasteiger partial charge is 0.394 e. The van der Waals surface area contributed by atoms with Gasteiger partial charge in [0, 0.05) is 13.0 Å². The van der Waals surface area contributed by atoms with Crippen LogP contribution in [-0.4, -0.2) is 35.1 Å². The fourth-order valence-corrected chi connectivity index (χ4v) is 0.906. The monoisotopic (exact) mass is 201 g/mol. The Hall–Kier alpha value is -0.980. The van der Waals surface area contributed by atoms with Crippen molar-refractivity contribution in [1.29, 1.82) is 0 Å². The van der Waals surface area contributed by atoms with Crippen molar-refractivity contribution in [2.45, 2.75) is 19.4 Å². The number of ether oxygens (including phenoxy) is 1. The Bertz CT molecular complexity index is 264. The molecule has 1 aromatic rings. The van der Waals surface area contributed by atoms with Gasteiger partial charge in [-0.15, -0.1) is 0 Å². The summed E-state index contributed by atoms with van der Waals surface area (Å²) in [6.07, 6.45) is 0.593. The molecule has 0 amide bonds. The summed E-state index contributed by atoms with van der Waals surface area (Å²) in [6, 6.07) is -0.594. The van der Waals surface area contributed by atoms with Crippen LogP contribution in [-0.2, 0) is 11.2 Å². The Kier molecular flexibility index (Phi) is 4.51. The predicted molar refractivity (Wildman–Crippen MR) is 48.5 cm³/mol. The van der Waals surface area contributed by atoms with Crippen LogP contribution in [0.3, 0.4) is 0 Å². The maximum absolute atomic E-state index is 8.73. The maximum atomic E-state index is 8.73. The number of hydrogen-bond donors (Lipinski definition) is 2. The molecule has 6 heteroatoms. The molecule has 0 radical (unpaired) electrons. The lowest BCUT2D eigenvalue weighted by atomic mass is 10.3. The highest BCUT2D eigenvalue weighted by atomic mass is 16.5. The van der Waals surface area contributed by atoms with E-state index in [4.69, 9.17) is 20.1 Å². The summed E-state index contributed by atoms with van der Waals surface area (Å²) in [5.74, 6) is 0.816. The Morgan fingerprint density at radius 2 is 2.43 bits per heavy atom. The topological polar surface area (TPSA) is 94.4 Å². The van der Waals surface area contributed by atoms with Gasteiger partial charge in [0.1, 0.15) is 6.04 Å². The molecule has 1 unspecified atom stereocenters. The summed E-state index contributed by atoms with van der Waals surface area (Å²) in [5, 5.41) is 12.4. The molecule has 80 valence electrons. The standard InChI is InChI=1S/C8H15N3O3/c1-2-13-4-3-7-10-8(14-11-7)6(9)5-12/h6,12H,2-5,9H2,1H3. The second kappa shape index (κ2) is 5.69. The van der Waals surface area contributed by atoms with Crippen LogP contribution >= 0.6 is 0 Å². The van der Waals surface area contributed by atoms with E-state index < -0.39 is 6.04 Å². The van der Waals surface area contributed by atoms with Gasteiger partial charge in [0.25, 0.3) is 0 Å². The molecule has 0 bridgehead atoms. The first-order chi connectivity index (χ1) is 6.77. The summed E-state index contributed by atoms with van der Waals surface area (Å²) in [6.45, 7) is 2.95. The van der Waals surface area contributed by atoms with E-state index in [1.54, 1.807) is 0 Å². The summed E-state index contributed by atoms with van der Waals surface area (Å²) in [4.78, 5) is 4.01. The second-order valence-electron chi connectivity index (χ2n) is 2.78. The van der Waals surface area contributed by atoms with Crippen molar-refractivity contribution in [3.63, 3.8) is 0 Å². The van der Waals surface area contributed by atoms with Gasteiger partial charge >= 0.3 is 0 Å². The van der Waals surface area contributed by atoms with E-state index in [1.165, 1.54) is 0 Å². The molecule has 0 aliphatic carbocycles. The van der Waals surface area contributed by atoms with Crippen LogP contribution in [0.4, 0.5) is 0 Å². The van der Waals surface area contributed by atoms with E-state index in [0.717, 1.165) is 0 Å². The van der Waals surface area contributed by atoms with Crippen molar-refractivity contribution in [3.8, 4) is 0 Å². The third-order valence-corrected chi connectivity index (χ3v) is 1.67. The minimum absolute atomic E-state index is 0.201. The zero-order valence-electron chi connectivity index (χ0n) is 8.14. The minimum atomic E-state index is -0.594. The smallest absolute Gasteiger partial charge is 0.245 e. The number of hydrogen-bond acceptors (Lipinski definition) is 6. The molecule has 0 aliphatic heterocycles. The molecular formula is C8H15N3O3. The quantitative estimate of drug-likeness (QED) is 0.610. The van der Waals surface area contributed by atoms with Crippen molar-refractivity contribution in [2.75, 3.05) is 19.8 Å².